The SMILES string of the molecule is COC(=O)c1c(NC(=S)NCCCn2nc(C)cc2C)sc2c1CCCC2. The molecule has 146 valence electrons. The van der Waals surface area contributed by atoms with Gasteiger partial charge in [-0.1, -0.05) is 0 Å². The number of fused-ring (bicyclic) bond motifs is 1. The van der Waals surface area contributed by atoms with E-state index in [0.717, 1.165) is 55.0 Å². The average molecular weight is 407 g/mol. The van der Waals surface area contributed by atoms with Crippen LogP contribution in [0.1, 0.15) is 51.4 Å². The number of anilines is 1. The molecule has 2 aromatic rings. The van der Waals surface area contributed by atoms with Gasteiger partial charge in [0, 0.05) is 23.7 Å². The predicted molar refractivity (Wildman–Crippen MR) is 113 cm³/mol. The number of methoxy groups -OCH3 is 1. The van der Waals surface area contributed by atoms with Crippen molar-refractivity contribution in [1.82, 2.24) is 15.1 Å². The number of ether oxygens (including phenoxy) is 1. The standard InChI is InChI=1S/C19H26N4O2S2/c1-12-11-13(2)23(22-12)10-6-9-20-19(26)21-17-16(18(24)25-3)14-7-4-5-8-15(14)27-17/h11H,4-10H2,1-3H3,(H2,20,21,26). The minimum Gasteiger partial charge on any atom is -0.465 e. The molecule has 0 saturated heterocycles. The fourth-order valence-electron chi connectivity index (χ4n) is 3.45. The lowest BCUT2D eigenvalue weighted by Gasteiger charge is -2.12. The van der Waals surface area contributed by atoms with Crippen LogP contribution >= 0.6 is 23.6 Å². The van der Waals surface area contributed by atoms with E-state index in [1.54, 1.807) is 11.3 Å². The van der Waals surface area contributed by atoms with E-state index in [1.807, 2.05) is 11.6 Å². The normalized spacial score (nSPS) is 13.1. The minimum absolute atomic E-state index is 0.288. The predicted octanol–water partition coefficient (Wildman–Crippen LogP) is 3.60. The van der Waals surface area contributed by atoms with Crippen molar-refractivity contribution in [3.8, 4) is 0 Å². The lowest BCUT2D eigenvalue weighted by atomic mass is 9.95. The number of esters is 1. The number of carbonyl (C=O) groups is 1. The van der Waals surface area contributed by atoms with Gasteiger partial charge in [0.05, 0.1) is 18.4 Å². The summed E-state index contributed by atoms with van der Waals surface area (Å²) in [7, 11) is 1.43. The molecule has 0 spiro atoms. The number of aryl methyl sites for hydroxylation is 4. The molecule has 0 aromatic carbocycles. The molecule has 3 rings (SSSR count). The van der Waals surface area contributed by atoms with Crippen molar-refractivity contribution in [2.24, 2.45) is 0 Å². The molecule has 2 aromatic heterocycles. The van der Waals surface area contributed by atoms with Gasteiger partial charge in [0.25, 0.3) is 0 Å². The number of hydrogen-bond acceptors (Lipinski definition) is 5. The lowest BCUT2D eigenvalue weighted by molar-refractivity contribution is 0.0601. The second-order valence-corrected chi connectivity index (χ2v) is 8.30. The van der Waals surface area contributed by atoms with Crippen LogP contribution in [-0.2, 0) is 24.1 Å². The van der Waals surface area contributed by atoms with Gasteiger partial charge in [-0.05, 0) is 69.8 Å². The molecule has 1 aliphatic carbocycles. The molecule has 1 aliphatic rings. The third kappa shape index (κ3) is 4.68. The van der Waals surface area contributed by atoms with Gasteiger partial charge in [-0.3, -0.25) is 4.68 Å². The quantitative estimate of drug-likeness (QED) is 0.434. The van der Waals surface area contributed by atoms with Crippen molar-refractivity contribution in [2.75, 3.05) is 19.0 Å². The molecular formula is C19H26N4O2S2. The Kier molecular flexibility index (Phi) is 6.49. The molecule has 0 saturated carbocycles. The van der Waals surface area contributed by atoms with Crippen LogP contribution < -0.4 is 10.6 Å². The maximum atomic E-state index is 12.3. The van der Waals surface area contributed by atoms with E-state index in [0.29, 0.717) is 10.7 Å². The summed E-state index contributed by atoms with van der Waals surface area (Å²) in [6.07, 6.45) is 5.15. The highest BCUT2D eigenvalue weighted by Crippen LogP contribution is 2.38. The van der Waals surface area contributed by atoms with Crippen molar-refractivity contribution < 1.29 is 9.53 Å². The smallest absolute Gasteiger partial charge is 0.341 e. The largest absolute Gasteiger partial charge is 0.465 e. The van der Waals surface area contributed by atoms with Crippen LogP contribution in [0.25, 0.3) is 0 Å². The van der Waals surface area contributed by atoms with Crippen LogP contribution in [0, 0.1) is 13.8 Å². The van der Waals surface area contributed by atoms with Crippen LogP contribution in [0.2, 0.25) is 0 Å². The van der Waals surface area contributed by atoms with Crippen LogP contribution in [0.15, 0.2) is 6.07 Å². The molecule has 6 nitrogen and oxygen atoms in total. The Balaban J connectivity index is 1.57. The molecule has 0 amide bonds. The first-order valence-corrected chi connectivity index (χ1v) is 10.5. The zero-order chi connectivity index (χ0) is 19.4. The second-order valence-electron chi connectivity index (χ2n) is 6.79. The highest BCUT2D eigenvalue weighted by molar-refractivity contribution is 7.80. The molecule has 0 unspecified atom stereocenters. The van der Waals surface area contributed by atoms with Crippen LogP contribution in [-0.4, -0.2) is 34.5 Å². The molecule has 0 aliphatic heterocycles. The molecule has 0 fully saturated rings. The Hall–Kier alpha value is -1.93. The molecule has 8 heteroatoms. The van der Waals surface area contributed by atoms with Crippen molar-refractivity contribution in [3.63, 3.8) is 0 Å². The van der Waals surface area contributed by atoms with Gasteiger partial charge in [0.2, 0.25) is 0 Å². The van der Waals surface area contributed by atoms with E-state index in [2.05, 4.69) is 28.7 Å². The number of rotatable bonds is 6. The third-order valence-corrected chi connectivity index (χ3v) is 6.18. The summed E-state index contributed by atoms with van der Waals surface area (Å²) in [6, 6.07) is 2.08. The van der Waals surface area contributed by atoms with E-state index in [9.17, 15) is 4.79 Å². The second kappa shape index (κ2) is 8.84. The van der Waals surface area contributed by atoms with Crippen LogP contribution in [0.3, 0.4) is 0 Å². The Morgan fingerprint density at radius 3 is 2.85 bits per heavy atom. The zero-order valence-corrected chi connectivity index (χ0v) is 17.7. The van der Waals surface area contributed by atoms with Gasteiger partial charge in [-0.2, -0.15) is 5.10 Å². The zero-order valence-electron chi connectivity index (χ0n) is 16.1. The average Bonchev–Trinajstić information content (AvgIpc) is 3.16. The van der Waals surface area contributed by atoms with E-state index in [4.69, 9.17) is 17.0 Å². The van der Waals surface area contributed by atoms with E-state index >= 15 is 0 Å². The number of carbonyl (C=O) groups excluding carboxylic acids is 1. The van der Waals surface area contributed by atoms with Gasteiger partial charge in [-0.15, -0.1) is 11.3 Å². The van der Waals surface area contributed by atoms with Gasteiger partial charge in [0.15, 0.2) is 5.11 Å². The first-order chi connectivity index (χ1) is 13.0. The Labute approximate surface area is 169 Å². The summed E-state index contributed by atoms with van der Waals surface area (Å²) < 4.78 is 7.01. The van der Waals surface area contributed by atoms with Crippen LogP contribution in [0.4, 0.5) is 5.00 Å². The summed E-state index contributed by atoms with van der Waals surface area (Å²) in [5.41, 5.74) is 3.99. The van der Waals surface area contributed by atoms with Crippen molar-refractivity contribution in [2.45, 2.75) is 52.5 Å². The number of thiophene rings is 1. The number of hydrogen-bond donors (Lipinski definition) is 2. The highest BCUT2D eigenvalue weighted by atomic mass is 32.1. The first-order valence-electron chi connectivity index (χ1n) is 9.28. The molecule has 0 radical (unpaired) electrons. The third-order valence-electron chi connectivity index (χ3n) is 4.72. The minimum atomic E-state index is -0.288. The monoisotopic (exact) mass is 406 g/mol. The molecule has 2 heterocycles. The van der Waals surface area contributed by atoms with Gasteiger partial charge in [-0.25, -0.2) is 4.79 Å². The Bertz CT molecular complexity index is 841. The summed E-state index contributed by atoms with van der Waals surface area (Å²) in [6.45, 7) is 5.64. The van der Waals surface area contributed by atoms with Gasteiger partial charge >= 0.3 is 5.97 Å². The lowest BCUT2D eigenvalue weighted by Crippen LogP contribution is -2.30. The summed E-state index contributed by atoms with van der Waals surface area (Å²) >= 11 is 7.05. The van der Waals surface area contributed by atoms with E-state index in [-0.39, 0.29) is 5.97 Å². The summed E-state index contributed by atoms with van der Waals surface area (Å²) in [5, 5.41) is 12.2. The summed E-state index contributed by atoms with van der Waals surface area (Å²) in [5.74, 6) is -0.288. The number of thiocarbonyl (C=S) groups is 1. The molecule has 0 atom stereocenters. The number of nitrogens with zero attached hydrogens (tertiary/aromatic N) is 2. The Morgan fingerprint density at radius 1 is 1.37 bits per heavy atom. The maximum absolute atomic E-state index is 12.3. The first kappa shape index (κ1) is 19.8. The van der Waals surface area contributed by atoms with E-state index in [1.165, 1.54) is 24.1 Å². The van der Waals surface area contributed by atoms with Crippen LogP contribution in [0.5, 0.6) is 0 Å². The van der Waals surface area contributed by atoms with Gasteiger partial charge < -0.3 is 15.4 Å². The number of nitrogens with one attached hydrogen (secondary N) is 2. The van der Waals surface area contributed by atoms with E-state index < -0.39 is 0 Å². The summed E-state index contributed by atoms with van der Waals surface area (Å²) in [4.78, 5) is 13.5. The molecule has 0 bridgehead atoms. The fourth-order valence-corrected chi connectivity index (χ4v) is 5.00. The molecule has 27 heavy (non-hydrogen) atoms. The van der Waals surface area contributed by atoms with Crippen molar-refractivity contribution in [1.29, 1.82) is 0 Å². The topological polar surface area (TPSA) is 68.2 Å². The molecule has 2 N–H and O–H groups in total. The van der Waals surface area contributed by atoms with Crippen molar-refractivity contribution in [3.05, 3.63) is 33.5 Å². The Morgan fingerprint density at radius 2 is 2.15 bits per heavy atom. The van der Waals surface area contributed by atoms with Crippen molar-refractivity contribution >= 4 is 39.6 Å². The molecular weight excluding hydrogens is 380 g/mol. The maximum Gasteiger partial charge on any atom is 0.341 e. The van der Waals surface area contributed by atoms with Gasteiger partial charge in [0.1, 0.15) is 5.00 Å². The highest BCUT2D eigenvalue weighted by Gasteiger charge is 2.26. The fraction of sp³-hybridized carbons (Fsp3) is 0.526. The number of aromatic nitrogens is 2.